The molecular weight excluding hydrogens is 599 g/mol. The van der Waals surface area contributed by atoms with Gasteiger partial charge in [-0.1, -0.05) is 26.8 Å². The first kappa shape index (κ1) is 36.1. The summed E-state index contributed by atoms with van der Waals surface area (Å²) in [5.41, 5.74) is 3.75. The van der Waals surface area contributed by atoms with Crippen molar-refractivity contribution >= 4 is 54.7 Å². The molecule has 0 fully saturated rings. The molecule has 3 rings (SSSR count). The fraction of sp³-hybridized carbons (Fsp3) is 0.371. The van der Waals surface area contributed by atoms with E-state index in [1.165, 1.54) is 6.92 Å². The lowest BCUT2D eigenvalue weighted by Gasteiger charge is -2.36. The van der Waals surface area contributed by atoms with E-state index in [1.54, 1.807) is 54.6 Å². The van der Waals surface area contributed by atoms with Crippen molar-refractivity contribution in [2.75, 3.05) is 41.9 Å². The third kappa shape index (κ3) is 11.2. The summed E-state index contributed by atoms with van der Waals surface area (Å²) >= 11 is 0. The number of hydrogen-bond acceptors (Lipinski definition) is 6. The molecule has 0 radical (unpaired) electrons. The normalized spacial score (nSPS) is 11.6. The molecule has 0 aliphatic rings. The first-order valence-electron chi connectivity index (χ1n) is 15.4. The minimum atomic E-state index is -2.02. The zero-order valence-corrected chi connectivity index (χ0v) is 29.2. The predicted molar refractivity (Wildman–Crippen MR) is 188 cm³/mol. The van der Waals surface area contributed by atoms with E-state index >= 15 is 0 Å². The van der Waals surface area contributed by atoms with E-state index in [9.17, 15) is 19.2 Å². The standard InChI is InChI=1S/C35H47N5O5Si/c1-24(41)36-30-19-25(23-45-46(7,8)35(2,3)4)20-31(22-30)39-34(44)27-16-14-26(15-17-27)33(43)38-29-12-9-11-28(21-29)37-32(42)13-10-18-40(5)6/h9,11-12,14-17,19-22H,10,13,18,23H2,1-8H3,(H,36,41)(H,37,42)(H,38,43)(H,39,44). The molecule has 3 aromatic rings. The highest BCUT2D eigenvalue weighted by Crippen LogP contribution is 2.37. The van der Waals surface area contributed by atoms with Crippen molar-refractivity contribution in [3.63, 3.8) is 0 Å². The van der Waals surface area contributed by atoms with Gasteiger partial charge in [0, 0.05) is 47.2 Å². The number of amides is 4. The van der Waals surface area contributed by atoms with Gasteiger partial charge in [-0.2, -0.15) is 0 Å². The molecule has 0 atom stereocenters. The average Bonchev–Trinajstić information content (AvgIpc) is 2.95. The Hall–Kier alpha value is -4.32. The minimum Gasteiger partial charge on any atom is -0.413 e. The van der Waals surface area contributed by atoms with Crippen molar-refractivity contribution in [3.8, 4) is 0 Å². The second kappa shape index (κ2) is 15.8. The van der Waals surface area contributed by atoms with Gasteiger partial charge in [0.05, 0.1) is 6.61 Å². The van der Waals surface area contributed by atoms with Gasteiger partial charge >= 0.3 is 0 Å². The first-order chi connectivity index (χ1) is 21.5. The van der Waals surface area contributed by atoms with Gasteiger partial charge in [-0.25, -0.2) is 0 Å². The molecule has 0 saturated carbocycles. The molecule has 0 aromatic heterocycles. The van der Waals surface area contributed by atoms with Crippen LogP contribution in [-0.2, 0) is 20.6 Å². The maximum absolute atomic E-state index is 13.1. The van der Waals surface area contributed by atoms with Gasteiger partial charge in [0.2, 0.25) is 11.8 Å². The summed E-state index contributed by atoms with van der Waals surface area (Å²) in [5.74, 6) is -1.02. The van der Waals surface area contributed by atoms with E-state index in [4.69, 9.17) is 4.43 Å². The Labute approximate surface area is 273 Å². The second-order valence-corrected chi connectivity index (χ2v) is 18.0. The molecule has 0 heterocycles. The molecule has 0 unspecified atom stereocenters. The Morgan fingerprint density at radius 2 is 1.24 bits per heavy atom. The second-order valence-electron chi connectivity index (χ2n) is 13.2. The smallest absolute Gasteiger partial charge is 0.255 e. The van der Waals surface area contributed by atoms with Gasteiger partial charge in [-0.3, -0.25) is 19.2 Å². The number of carbonyl (C=O) groups is 4. The monoisotopic (exact) mass is 645 g/mol. The SMILES string of the molecule is CC(=O)Nc1cc(CO[Si](C)(C)C(C)(C)C)cc(NC(=O)c2ccc(C(=O)Nc3cccc(NC(=O)CCCN(C)C)c3)cc2)c1. The molecule has 0 aliphatic carbocycles. The summed E-state index contributed by atoms with van der Waals surface area (Å²) < 4.78 is 6.36. The topological polar surface area (TPSA) is 129 Å². The van der Waals surface area contributed by atoms with Crippen LogP contribution in [0, 0.1) is 0 Å². The third-order valence-corrected chi connectivity index (χ3v) is 12.3. The minimum absolute atomic E-state index is 0.0372. The fourth-order valence-electron chi connectivity index (χ4n) is 4.24. The zero-order chi connectivity index (χ0) is 34.1. The molecule has 4 amide bonds. The van der Waals surface area contributed by atoms with E-state index in [-0.39, 0.29) is 28.7 Å². The summed E-state index contributed by atoms with van der Waals surface area (Å²) in [5, 5.41) is 11.4. The van der Waals surface area contributed by atoms with Crippen LogP contribution in [0.25, 0.3) is 0 Å². The quantitative estimate of drug-likeness (QED) is 0.149. The van der Waals surface area contributed by atoms with Crippen LogP contribution < -0.4 is 21.3 Å². The number of benzene rings is 3. The molecule has 0 saturated heterocycles. The van der Waals surface area contributed by atoms with E-state index < -0.39 is 8.32 Å². The number of carbonyl (C=O) groups excluding carboxylic acids is 4. The molecule has 4 N–H and O–H groups in total. The molecule has 10 nitrogen and oxygen atoms in total. The highest BCUT2D eigenvalue weighted by Gasteiger charge is 2.37. The maximum atomic E-state index is 13.1. The van der Waals surface area contributed by atoms with Crippen molar-refractivity contribution in [2.45, 2.75) is 65.3 Å². The van der Waals surface area contributed by atoms with E-state index in [0.717, 1.165) is 18.5 Å². The lowest BCUT2D eigenvalue weighted by molar-refractivity contribution is -0.116. The van der Waals surface area contributed by atoms with Crippen LogP contribution in [0.15, 0.2) is 66.7 Å². The maximum Gasteiger partial charge on any atom is 0.255 e. The summed E-state index contributed by atoms with van der Waals surface area (Å²) in [6.07, 6.45) is 1.16. The third-order valence-electron chi connectivity index (χ3n) is 7.80. The van der Waals surface area contributed by atoms with Crippen LogP contribution in [0.5, 0.6) is 0 Å². The van der Waals surface area contributed by atoms with E-state index in [2.05, 4.69) is 55.1 Å². The highest BCUT2D eigenvalue weighted by molar-refractivity contribution is 6.74. The van der Waals surface area contributed by atoms with Gasteiger partial charge in [0.15, 0.2) is 8.32 Å². The Kier molecular flexibility index (Phi) is 12.4. The van der Waals surface area contributed by atoms with Crippen molar-refractivity contribution < 1.29 is 23.6 Å². The lowest BCUT2D eigenvalue weighted by Crippen LogP contribution is -2.40. The van der Waals surface area contributed by atoms with Crippen LogP contribution in [0.3, 0.4) is 0 Å². The predicted octanol–water partition coefficient (Wildman–Crippen LogP) is 6.95. The van der Waals surface area contributed by atoms with Crippen LogP contribution in [0.2, 0.25) is 18.1 Å². The number of hydrogen-bond donors (Lipinski definition) is 4. The summed E-state index contributed by atoms with van der Waals surface area (Å²) in [7, 11) is 1.91. The van der Waals surface area contributed by atoms with Crippen LogP contribution >= 0.6 is 0 Å². The Morgan fingerprint density at radius 1 is 0.739 bits per heavy atom. The number of anilines is 4. The molecular formula is C35H47N5O5Si. The summed E-state index contributed by atoms with van der Waals surface area (Å²) in [4.78, 5) is 52.1. The Bertz CT molecular complexity index is 1550. The molecule has 46 heavy (non-hydrogen) atoms. The molecule has 11 heteroatoms. The number of rotatable bonds is 13. The number of nitrogens with zero attached hydrogens (tertiary/aromatic N) is 1. The fourth-order valence-corrected chi connectivity index (χ4v) is 5.20. The van der Waals surface area contributed by atoms with Crippen molar-refractivity contribution in [1.82, 2.24) is 4.90 Å². The van der Waals surface area contributed by atoms with Gasteiger partial charge in [-0.05, 0) is 111 Å². The number of nitrogens with one attached hydrogen (secondary N) is 4. The van der Waals surface area contributed by atoms with Gasteiger partial charge in [0.25, 0.3) is 11.8 Å². The summed E-state index contributed by atoms with van der Waals surface area (Å²) in [6, 6.07) is 18.6. The van der Waals surface area contributed by atoms with Gasteiger partial charge in [-0.15, -0.1) is 0 Å². The summed E-state index contributed by atoms with van der Waals surface area (Å²) in [6.45, 7) is 13.4. The van der Waals surface area contributed by atoms with Crippen LogP contribution in [0.1, 0.15) is 66.8 Å². The molecule has 0 spiro atoms. The Morgan fingerprint density at radius 3 is 1.76 bits per heavy atom. The van der Waals surface area contributed by atoms with Gasteiger partial charge < -0.3 is 30.6 Å². The van der Waals surface area contributed by atoms with Gasteiger partial charge in [0.1, 0.15) is 0 Å². The van der Waals surface area contributed by atoms with Crippen molar-refractivity contribution in [2.24, 2.45) is 0 Å². The largest absolute Gasteiger partial charge is 0.413 e. The lowest BCUT2D eigenvalue weighted by atomic mass is 10.1. The van der Waals surface area contributed by atoms with Crippen LogP contribution in [-0.4, -0.2) is 57.5 Å². The molecule has 0 aliphatic heterocycles. The Balaban J connectivity index is 1.65. The van der Waals surface area contributed by atoms with Crippen molar-refractivity contribution in [1.29, 1.82) is 0 Å². The zero-order valence-electron chi connectivity index (χ0n) is 28.2. The highest BCUT2D eigenvalue weighted by atomic mass is 28.4. The molecule has 246 valence electrons. The van der Waals surface area contributed by atoms with Crippen LogP contribution in [0.4, 0.5) is 22.7 Å². The molecule has 0 bridgehead atoms. The average molecular weight is 646 g/mol. The van der Waals surface area contributed by atoms with Crippen molar-refractivity contribution in [3.05, 3.63) is 83.4 Å². The van der Waals surface area contributed by atoms with E-state index in [1.807, 2.05) is 31.1 Å². The molecule has 3 aromatic carbocycles. The van der Waals surface area contributed by atoms with E-state index in [0.29, 0.717) is 46.9 Å². The first-order valence-corrected chi connectivity index (χ1v) is 18.3.